The zero-order chi connectivity index (χ0) is 13.7. The van der Waals surface area contributed by atoms with Gasteiger partial charge in [-0.25, -0.2) is 9.59 Å². The van der Waals surface area contributed by atoms with Crippen LogP contribution in [0, 0.1) is 0 Å². The number of aromatic carboxylic acids is 1. The quantitative estimate of drug-likeness (QED) is 0.787. The molecular formula is C11H13BrN2O4. The van der Waals surface area contributed by atoms with Gasteiger partial charge >= 0.3 is 12.0 Å². The molecule has 3 N–H and O–H groups in total. The van der Waals surface area contributed by atoms with Crippen LogP contribution in [0.15, 0.2) is 22.7 Å². The predicted molar refractivity (Wildman–Crippen MR) is 69.8 cm³/mol. The smallest absolute Gasteiger partial charge is 0.336 e. The molecule has 0 aliphatic heterocycles. The van der Waals surface area contributed by atoms with Crippen LogP contribution in [0.2, 0.25) is 0 Å². The van der Waals surface area contributed by atoms with E-state index in [0.29, 0.717) is 10.2 Å². The number of benzene rings is 1. The molecule has 0 aliphatic carbocycles. The summed E-state index contributed by atoms with van der Waals surface area (Å²) in [4.78, 5) is 23.8. The van der Waals surface area contributed by atoms with Crippen molar-refractivity contribution in [3.8, 4) is 0 Å². The summed E-state index contributed by atoms with van der Waals surface area (Å²) in [7, 11) is 1.53. The van der Waals surface area contributed by atoms with Gasteiger partial charge in [0.1, 0.15) is 0 Å². The molecule has 18 heavy (non-hydrogen) atoms. The first-order valence-corrected chi connectivity index (χ1v) is 5.91. The third-order valence-corrected chi connectivity index (χ3v) is 2.92. The molecule has 1 rings (SSSR count). The van der Waals surface area contributed by atoms with Gasteiger partial charge < -0.3 is 20.4 Å². The Morgan fingerprint density at radius 2 is 2.11 bits per heavy atom. The van der Waals surface area contributed by atoms with Crippen molar-refractivity contribution in [1.82, 2.24) is 4.90 Å². The van der Waals surface area contributed by atoms with E-state index in [2.05, 4.69) is 21.2 Å². The topological polar surface area (TPSA) is 89.9 Å². The lowest BCUT2D eigenvalue weighted by Crippen LogP contribution is -2.33. The molecule has 6 nitrogen and oxygen atoms in total. The molecule has 0 fully saturated rings. The number of aliphatic hydroxyl groups is 1. The average molecular weight is 317 g/mol. The number of carboxylic acids is 1. The van der Waals surface area contributed by atoms with E-state index in [1.54, 1.807) is 12.1 Å². The minimum atomic E-state index is -1.08. The number of likely N-dealkylation sites (N-methyl/N-ethyl adjacent to an activating group) is 1. The van der Waals surface area contributed by atoms with E-state index >= 15 is 0 Å². The minimum Gasteiger partial charge on any atom is -0.478 e. The monoisotopic (exact) mass is 316 g/mol. The van der Waals surface area contributed by atoms with Crippen molar-refractivity contribution in [3.63, 3.8) is 0 Å². The first-order chi connectivity index (χ1) is 8.45. The van der Waals surface area contributed by atoms with Gasteiger partial charge in [0, 0.05) is 23.8 Å². The van der Waals surface area contributed by atoms with E-state index in [0.717, 1.165) is 0 Å². The van der Waals surface area contributed by atoms with Crippen molar-refractivity contribution in [2.24, 2.45) is 0 Å². The number of nitrogens with zero attached hydrogens (tertiary/aromatic N) is 1. The molecule has 0 aliphatic rings. The first kappa shape index (κ1) is 14.5. The molecule has 0 unspecified atom stereocenters. The summed E-state index contributed by atoms with van der Waals surface area (Å²) in [6.45, 7) is 0.0682. The normalized spacial score (nSPS) is 9.94. The molecule has 0 bridgehead atoms. The summed E-state index contributed by atoms with van der Waals surface area (Å²) in [5.41, 5.74) is 0.447. The van der Waals surface area contributed by atoms with Gasteiger partial charge in [0.15, 0.2) is 0 Å². The summed E-state index contributed by atoms with van der Waals surface area (Å²) >= 11 is 3.11. The fourth-order valence-electron chi connectivity index (χ4n) is 1.24. The number of hydrogen-bond donors (Lipinski definition) is 3. The summed E-state index contributed by atoms with van der Waals surface area (Å²) in [5, 5.41) is 20.2. The Labute approximate surface area is 112 Å². The number of halogens is 1. The number of nitrogens with one attached hydrogen (secondary N) is 1. The van der Waals surface area contributed by atoms with Gasteiger partial charge in [0.25, 0.3) is 0 Å². The summed E-state index contributed by atoms with van der Waals surface area (Å²) < 4.78 is 0.441. The fraction of sp³-hybridized carbons (Fsp3) is 0.273. The van der Waals surface area contributed by atoms with Crippen LogP contribution in [0.4, 0.5) is 10.5 Å². The maximum atomic E-state index is 11.6. The predicted octanol–water partition coefficient (Wildman–Crippen LogP) is 1.60. The number of urea groups is 1. The van der Waals surface area contributed by atoms with Crippen LogP contribution < -0.4 is 5.32 Å². The third-order valence-electron chi connectivity index (χ3n) is 2.23. The Morgan fingerprint density at radius 3 is 2.67 bits per heavy atom. The highest BCUT2D eigenvalue weighted by Crippen LogP contribution is 2.21. The molecule has 0 heterocycles. The Kier molecular flexibility index (Phi) is 5.11. The molecule has 2 amide bonds. The van der Waals surface area contributed by atoms with Gasteiger partial charge in [-0.1, -0.05) is 0 Å². The van der Waals surface area contributed by atoms with Crippen LogP contribution in [-0.2, 0) is 0 Å². The Balaban J connectivity index is 2.82. The average Bonchev–Trinajstić information content (AvgIpc) is 2.31. The molecule has 0 atom stereocenters. The van der Waals surface area contributed by atoms with Crippen LogP contribution in [0.1, 0.15) is 10.4 Å². The Bertz CT molecular complexity index is 464. The second-order valence-electron chi connectivity index (χ2n) is 3.58. The number of carbonyl (C=O) groups is 2. The molecule has 0 aromatic heterocycles. The SMILES string of the molecule is CN(CCO)C(=O)Nc1ccc(Br)c(C(=O)O)c1. The van der Waals surface area contributed by atoms with E-state index in [1.807, 2.05) is 0 Å². The molecule has 0 saturated heterocycles. The van der Waals surface area contributed by atoms with Crippen LogP contribution in [-0.4, -0.2) is 47.3 Å². The second kappa shape index (κ2) is 6.36. The lowest BCUT2D eigenvalue weighted by molar-refractivity contribution is 0.0696. The maximum Gasteiger partial charge on any atom is 0.336 e. The molecular weight excluding hydrogens is 304 g/mol. The second-order valence-corrected chi connectivity index (χ2v) is 4.43. The standard InChI is InChI=1S/C11H13BrN2O4/c1-14(4-5-15)11(18)13-7-2-3-9(12)8(6-7)10(16)17/h2-3,6,15H,4-5H2,1H3,(H,13,18)(H,16,17). The van der Waals surface area contributed by atoms with Gasteiger partial charge in [-0.15, -0.1) is 0 Å². The zero-order valence-corrected chi connectivity index (χ0v) is 11.3. The molecule has 7 heteroatoms. The van der Waals surface area contributed by atoms with Crippen LogP contribution in [0.5, 0.6) is 0 Å². The lowest BCUT2D eigenvalue weighted by atomic mass is 10.2. The van der Waals surface area contributed by atoms with E-state index < -0.39 is 12.0 Å². The molecule has 0 saturated carbocycles. The number of rotatable bonds is 4. The molecule has 1 aromatic rings. The highest BCUT2D eigenvalue weighted by atomic mass is 79.9. The molecule has 0 spiro atoms. The molecule has 98 valence electrons. The minimum absolute atomic E-state index is 0.0672. The van der Waals surface area contributed by atoms with Crippen LogP contribution in [0.3, 0.4) is 0 Å². The number of amides is 2. The van der Waals surface area contributed by atoms with Gasteiger partial charge in [0.05, 0.1) is 12.2 Å². The van der Waals surface area contributed by atoms with Crippen molar-refractivity contribution >= 4 is 33.6 Å². The highest BCUT2D eigenvalue weighted by molar-refractivity contribution is 9.10. The third kappa shape index (κ3) is 3.71. The number of carbonyl (C=O) groups excluding carboxylic acids is 1. The van der Waals surface area contributed by atoms with Crippen molar-refractivity contribution in [1.29, 1.82) is 0 Å². The van der Waals surface area contributed by atoms with Gasteiger partial charge in [0.2, 0.25) is 0 Å². The molecule has 0 radical (unpaired) electrons. The van der Waals surface area contributed by atoms with E-state index in [9.17, 15) is 9.59 Å². The Morgan fingerprint density at radius 1 is 1.44 bits per heavy atom. The fourth-order valence-corrected chi connectivity index (χ4v) is 1.65. The van der Waals surface area contributed by atoms with E-state index in [4.69, 9.17) is 10.2 Å². The largest absolute Gasteiger partial charge is 0.478 e. The van der Waals surface area contributed by atoms with Gasteiger partial charge in [-0.3, -0.25) is 0 Å². The summed E-state index contributed by atoms with van der Waals surface area (Å²) in [6.07, 6.45) is 0. The van der Waals surface area contributed by atoms with E-state index in [1.165, 1.54) is 18.0 Å². The van der Waals surface area contributed by atoms with Crippen LogP contribution >= 0.6 is 15.9 Å². The van der Waals surface area contributed by atoms with Gasteiger partial charge in [-0.05, 0) is 34.1 Å². The van der Waals surface area contributed by atoms with E-state index in [-0.39, 0.29) is 18.7 Å². The number of hydrogen-bond acceptors (Lipinski definition) is 3. The summed E-state index contributed by atoms with van der Waals surface area (Å²) in [5.74, 6) is -1.08. The van der Waals surface area contributed by atoms with Gasteiger partial charge in [-0.2, -0.15) is 0 Å². The zero-order valence-electron chi connectivity index (χ0n) is 9.68. The maximum absolute atomic E-state index is 11.6. The lowest BCUT2D eigenvalue weighted by Gasteiger charge is -2.16. The summed E-state index contributed by atoms with van der Waals surface area (Å²) in [6, 6.07) is 4.08. The highest BCUT2D eigenvalue weighted by Gasteiger charge is 2.12. The number of anilines is 1. The first-order valence-electron chi connectivity index (χ1n) is 5.11. The van der Waals surface area contributed by atoms with Crippen molar-refractivity contribution in [2.75, 3.05) is 25.5 Å². The molecule has 1 aromatic carbocycles. The number of carboxylic acid groups (broad SMARTS) is 1. The number of aliphatic hydroxyl groups excluding tert-OH is 1. The van der Waals surface area contributed by atoms with Crippen molar-refractivity contribution in [3.05, 3.63) is 28.2 Å². The Hall–Kier alpha value is -1.60. The van der Waals surface area contributed by atoms with Crippen molar-refractivity contribution in [2.45, 2.75) is 0 Å². The van der Waals surface area contributed by atoms with Crippen LogP contribution in [0.25, 0.3) is 0 Å². The van der Waals surface area contributed by atoms with Crippen molar-refractivity contribution < 1.29 is 19.8 Å².